The largest absolute Gasteiger partial charge is 0.311 e. The number of thiophene rings is 1. The summed E-state index contributed by atoms with van der Waals surface area (Å²) in [5, 5.41) is 8.26. The van der Waals surface area contributed by atoms with Crippen LogP contribution >= 0.6 is 11.3 Å². The summed E-state index contributed by atoms with van der Waals surface area (Å²) in [6, 6.07) is 3.62. The highest BCUT2D eigenvalue weighted by atomic mass is 32.1. The fourth-order valence-electron chi connectivity index (χ4n) is 3.14. The van der Waals surface area contributed by atoms with Gasteiger partial charge in [0.05, 0.1) is 0 Å². The maximum Gasteiger partial charge on any atom is 0.0244 e. The lowest BCUT2D eigenvalue weighted by Gasteiger charge is -2.44. The third-order valence-corrected chi connectivity index (χ3v) is 5.59. The van der Waals surface area contributed by atoms with E-state index in [0.717, 1.165) is 18.4 Å². The Morgan fingerprint density at radius 2 is 2.20 bits per heavy atom. The number of piperazine rings is 1. The van der Waals surface area contributed by atoms with Crippen molar-refractivity contribution < 1.29 is 0 Å². The van der Waals surface area contributed by atoms with Crippen molar-refractivity contribution in [1.29, 1.82) is 0 Å². The smallest absolute Gasteiger partial charge is 0.0244 e. The Morgan fingerprint density at radius 1 is 1.40 bits per heavy atom. The fourth-order valence-corrected chi connectivity index (χ4v) is 3.84. The lowest BCUT2D eigenvalue weighted by molar-refractivity contribution is 0.0831. The van der Waals surface area contributed by atoms with Crippen LogP contribution in [0, 0.1) is 11.8 Å². The van der Waals surface area contributed by atoms with Gasteiger partial charge in [-0.3, -0.25) is 4.90 Å². The third kappa shape index (κ3) is 4.06. The lowest BCUT2D eigenvalue weighted by Crippen LogP contribution is -2.60. The second-order valence-corrected chi connectivity index (χ2v) is 7.37. The summed E-state index contributed by atoms with van der Waals surface area (Å²) in [6.07, 6.45) is 2.46. The molecule has 0 radical (unpaired) electrons. The van der Waals surface area contributed by atoms with E-state index in [9.17, 15) is 0 Å². The molecule has 2 heterocycles. The van der Waals surface area contributed by atoms with Gasteiger partial charge in [0.15, 0.2) is 0 Å². The standard InChI is InChI=1S/C17H30N2S/c1-5-14(4)16-11-19(17(10-18-16)13(2)3)8-6-15-7-9-20-12-15/h7,9,12-14,16-18H,5-6,8,10-11H2,1-4H3. The van der Waals surface area contributed by atoms with Crippen LogP contribution in [-0.4, -0.2) is 36.6 Å². The van der Waals surface area contributed by atoms with Gasteiger partial charge in [-0.25, -0.2) is 0 Å². The molecule has 1 saturated heterocycles. The minimum absolute atomic E-state index is 0.664. The van der Waals surface area contributed by atoms with Crippen LogP contribution in [-0.2, 0) is 6.42 Å². The molecule has 0 aliphatic carbocycles. The highest BCUT2D eigenvalue weighted by Gasteiger charge is 2.31. The highest BCUT2D eigenvalue weighted by Crippen LogP contribution is 2.20. The number of nitrogens with one attached hydrogen (secondary N) is 1. The van der Waals surface area contributed by atoms with Gasteiger partial charge in [-0.15, -0.1) is 0 Å². The first-order valence-electron chi connectivity index (χ1n) is 8.10. The fraction of sp³-hybridized carbons (Fsp3) is 0.765. The molecule has 2 nitrogen and oxygen atoms in total. The molecule has 3 atom stereocenters. The predicted octanol–water partition coefficient (Wildman–Crippen LogP) is 3.64. The van der Waals surface area contributed by atoms with Crippen molar-refractivity contribution in [2.24, 2.45) is 11.8 Å². The Labute approximate surface area is 128 Å². The Kier molecular flexibility index (Phi) is 6.06. The summed E-state index contributed by atoms with van der Waals surface area (Å²) < 4.78 is 0. The van der Waals surface area contributed by atoms with E-state index in [1.165, 1.54) is 31.5 Å². The van der Waals surface area contributed by atoms with Gasteiger partial charge in [0.2, 0.25) is 0 Å². The first kappa shape index (κ1) is 16.0. The van der Waals surface area contributed by atoms with Crippen LogP contribution in [0.15, 0.2) is 16.8 Å². The second kappa shape index (κ2) is 7.58. The Hall–Kier alpha value is -0.380. The molecular formula is C17H30N2S. The minimum atomic E-state index is 0.664. The van der Waals surface area contributed by atoms with Gasteiger partial charge in [0.1, 0.15) is 0 Å². The first-order valence-corrected chi connectivity index (χ1v) is 9.04. The normalized spacial score (nSPS) is 26.1. The zero-order valence-corrected chi connectivity index (χ0v) is 14.2. The molecule has 1 N–H and O–H groups in total. The molecule has 1 fully saturated rings. The summed E-state index contributed by atoms with van der Waals surface area (Å²) in [5.74, 6) is 1.50. The van der Waals surface area contributed by atoms with E-state index in [-0.39, 0.29) is 0 Å². The molecule has 0 saturated carbocycles. The van der Waals surface area contributed by atoms with E-state index in [2.05, 4.69) is 54.7 Å². The maximum absolute atomic E-state index is 3.78. The molecule has 1 aliphatic heterocycles. The SMILES string of the molecule is CCC(C)C1CN(CCc2ccsc2)C(C(C)C)CN1. The summed E-state index contributed by atoms with van der Waals surface area (Å²) in [7, 11) is 0. The van der Waals surface area contributed by atoms with Gasteiger partial charge < -0.3 is 5.32 Å². The average Bonchev–Trinajstić information content (AvgIpc) is 2.97. The van der Waals surface area contributed by atoms with Gasteiger partial charge in [-0.1, -0.05) is 34.1 Å². The van der Waals surface area contributed by atoms with Crippen molar-refractivity contribution in [2.75, 3.05) is 19.6 Å². The van der Waals surface area contributed by atoms with Gasteiger partial charge in [0.25, 0.3) is 0 Å². The first-order chi connectivity index (χ1) is 9.61. The van der Waals surface area contributed by atoms with Gasteiger partial charge in [-0.2, -0.15) is 11.3 Å². The molecule has 0 bridgehead atoms. The summed E-state index contributed by atoms with van der Waals surface area (Å²) >= 11 is 1.81. The molecule has 3 heteroatoms. The van der Waals surface area contributed by atoms with Crippen LogP contribution in [0.2, 0.25) is 0 Å². The molecule has 2 rings (SSSR count). The molecule has 20 heavy (non-hydrogen) atoms. The van der Waals surface area contributed by atoms with Crippen LogP contribution < -0.4 is 5.32 Å². The second-order valence-electron chi connectivity index (χ2n) is 6.59. The van der Waals surface area contributed by atoms with Crippen molar-refractivity contribution in [2.45, 2.75) is 52.6 Å². The van der Waals surface area contributed by atoms with Gasteiger partial charge in [0, 0.05) is 31.7 Å². The molecular weight excluding hydrogens is 264 g/mol. The number of nitrogens with zero attached hydrogens (tertiary/aromatic N) is 1. The van der Waals surface area contributed by atoms with E-state index in [4.69, 9.17) is 0 Å². The van der Waals surface area contributed by atoms with E-state index in [1.54, 1.807) is 0 Å². The van der Waals surface area contributed by atoms with E-state index in [1.807, 2.05) is 11.3 Å². The van der Waals surface area contributed by atoms with E-state index >= 15 is 0 Å². The molecule has 0 spiro atoms. The summed E-state index contributed by atoms with van der Waals surface area (Å²) in [6.45, 7) is 13.0. The zero-order chi connectivity index (χ0) is 14.5. The Balaban J connectivity index is 1.95. The van der Waals surface area contributed by atoms with Gasteiger partial charge in [-0.05, 0) is 40.6 Å². The van der Waals surface area contributed by atoms with Crippen molar-refractivity contribution >= 4 is 11.3 Å². The third-order valence-electron chi connectivity index (χ3n) is 4.86. The van der Waals surface area contributed by atoms with Gasteiger partial charge >= 0.3 is 0 Å². The van der Waals surface area contributed by atoms with Crippen LogP contribution in [0.25, 0.3) is 0 Å². The lowest BCUT2D eigenvalue weighted by atomic mass is 9.92. The molecule has 1 aromatic rings. The maximum atomic E-state index is 3.78. The van der Waals surface area contributed by atoms with Crippen molar-refractivity contribution in [3.05, 3.63) is 22.4 Å². The highest BCUT2D eigenvalue weighted by molar-refractivity contribution is 7.07. The Bertz CT molecular complexity index is 374. The molecule has 0 aromatic carbocycles. The summed E-state index contributed by atoms with van der Waals surface area (Å²) in [5.41, 5.74) is 1.50. The number of rotatable bonds is 6. The van der Waals surface area contributed by atoms with E-state index in [0.29, 0.717) is 12.1 Å². The molecule has 1 aliphatic rings. The zero-order valence-electron chi connectivity index (χ0n) is 13.4. The number of hydrogen-bond donors (Lipinski definition) is 1. The van der Waals surface area contributed by atoms with Crippen molar-refractivity contribution in [3.8, 4) is 0 Å². The van der Waals surface area contributed by atoms with Crippen LogP contribution in [0.4, 0.5) is 0 Å². The molecule has 114 valence electrons. The van der Waals surface area contributed by atoms with Crippen LogP contribution in [0.5, 0.6) is 0 Å². The minimum Gasteiger partial charge on any atom is -0.311 e. The number of hydrogen-bond acceptors (Lipinski definition) is 3. The molecule has 0 amide bonds. The predicted molar refractivity (Wildman–Crippen MR) is 89.5 cm³/mol. The Morgan fingerprint density at radius 3 is 2.80 bits per heavy atom. The monoisotopic (exact) mass is 294 g/mol. The van der Waals surface area contributed by atoms with Crippen molar-refractivity contribution in [1.82, 2.24) is 10.2 Å². The quantitative estimate of drug-likeness (QED) is 0.862. The van der Waals surface area contributed by atoms with Crippen LogP contribution in [0.3, 0.4) is 0 Å². The van der Waals surface area contributed by atoms with Crippen molar-refractivity contribution in [3.63, 3.8) is 0 Å². The van der Waals surface area contributed by atoms with E-state index < -0.39 is 0 Å². The average molecular weight is 295 g/mol. The summed E-state index contributed by atoms with van der Waals surface area (Å²) in [4.78, 5) is 2.73. The molecule has 3 unspecified atom stereocenters. The molecule has 1 aromatic heterocycles. The van der Waals surface area contributed by atoms with Crippen LogP contribution in [0.1, 0.15) is 39.7 Å². The topological polar surface area (TPSA) is 15.3 Å².